The highest BCUT2D eigenvalue weighted by atomic mass is 16.4. The number of hydrogen-bond donors (Lipinski definition) is 1. The largest absolute Gasteiger partial charge is 0.480 e. The first kappa shape index (κ1) is 11.1. The standard InChI is InChI=1S/C13H17NO2/c1-14(9-13(15)16)8-10-2-4-11(5-3-10)12-6-7-12/h2-5,12H,6-9H2,1H3,(H,15,16). The molecule has 0 heterocycles. The molecule has 1 N–H and O–H groups in total. The average molecular weight is 219 g/mol. The number of carbonyl (C=O) groups is 1. The SMILES string of the molecule is CN(CC(=O)O)Cc1ccc(C2CC2)cc1. The van der Waals surface area contributed by atoms with E-state index in [0.29, 0.717) is 6.54 Å². The maximum atomic E-state index is 10.5. The first-order valence-corrected chi connectivity index (χ1v) is 5.64. The van der Waals surface area contributed by atoms with Crippen molar-refractivity contribution in [3.63, 3.8) is 0 Å². The Morgan fingerprint density at radius 2 is 2.00 bits per heavy atom. The molecule has 16 heavy (non-hydrogen) atoms. The van der Waals surface area contributed by atoms with Gasteiger partial charge in [0, 0.05) is 6.54 Å². The van der Waals surface area contributed by atoms with E-state index in [1.165, 1.54) is 24.0 Å². The molecule has 0 saturated heterocycles. The molecule has 0 radical (unpaired) electrons. The molecule has 0 unspecified atom stereocenters. The predicted molar refractivity (Wildman–Crippen MR) is 62.4 cm³/mol. The van der Waals surface area contributed by atoms with E-state index in [1.807, 2.05) is 7.05 Å². The lowest BCUT2D eigenvalue weighted by molar-refractivity contribution is -0.138. The zero-order chi connectivity index (χ0) is 11.5. The van der Waals surface area contributed by atoms with Crippen LogP contribution in [0.4, 0.5) is 0 Å². The minimum absolute atomic E-state index is 0.0877. The van der Waals surface area contributed by atoms with E-state index in [1.54, 1.807) is 4.90 Å². The summed E-state index contributed by atoms with van der Waals surface area (Å²) in [6.07, 6.45) is 2.64. The zero-order valence-electron chi connectivity index (χ0n) is 9.52. The highest BCUT2D eigenvalue weighted by Crippen LogP contribution is 2.39. The first-order chi connectivity index (χ1) is 7.65. The van der Waals surface area contributed by atoms with Crippen LogP contribution < -0.4 is 0 Å². The summed E-state index contributed by atoms with van der Waals surface area (Å²) in [5.41, 5.74) is 2.60. The summed E-state index contributed by atoms with van der Waals surface area (Å²) in [6, 6.07) is 8.54. The van der Waals surface area contributed by atoms with E-state index in [4.69, 9.17) is 5.11 Å². The van der Waals surface area contributed by atoms with Gasteiger partial charge >= 0.3 is 5.97 Å². The van der Waals surface area contributed by atoms with E-state index in [9.17, 15) is 4.79 Å². The van der Waals surface area contributed by atoms with Gasteiger partial charge in [-0.25, -0.2) is 0 Å². The van der Waals surface area contributed by atoms with Gasteiger partial charge in [-0.05, 0) is 36.9 Å². The number of aliphatic carboxylic acids is 1. The number of carboxylic acid groups (broad SMARTS) is 1. The molecule has 0 aromatic heterocycles. The van der Waals surface area contributed by atoms with Gasteiger partial charge in [0.05, 0.1) is 6.54 Å². The molecule has 1 aromatic carbocycles. The number of benzene rings is 1. The summed E-state index contributed by atoms with van der Waals surface area (Å²) in [6.45, 7) is 0.779. The van der Waals surface area contributed by atoms with Crippen LogP contribution in [0.25, 0.3) is 0 Å². The van der Waals surface area contributed by atoms with Crippen LogP contribution >= 0.6 is 0 Å². The van der Waals surface area contributed by atoms with Crippen LogP contribution in [0.5, 0.6) is 0 Å². The number of nitrogens with zero attached hydrogens (tertiary/aromatic N) is 1. The van der Waals surface area contributed by atoms with Gasteiger partial charge in [0.25, 0.3) is 0 Å². The molecule has 0 atom stereocenters. The van der Waals surface area contributed by atoms with Crippen molar-refractivity contribution in [2.75, 3.05) is 13.6 Å². The Hall–Kier alpha value is -1.35. The summed E-state index contributed by atoms with van der Waals surface area (Å²) in [5, 5.41) is 8.65. The molecule has 0 aliphatic heterocycles. The first-order valence-electron chi connectivity index (χ1n) is 5.64. The molecule has 1 saturated carbocycles. The second-order valence-electron chi connectivity index (χ2n) is 4.58. The van der Waals surface area contributed by atoms with Crippen molar-refractivity contribution >= 4 is 5.97 Å². The summed E-state index contributed by atoms with van der Waals surface area (Å²) >= 11 is 0. The van der Waals surface area contributed by atoms with Gasteiger partial charge in [-0.3, -0.25) is 9.69 Å². The minimum Gasteiger partial charge on any atom is -0.480 e. The molecular formula is C13H17NO2. The van der Waals surface area contributed by atoms with Crippen LogP contribution in [0.1, 0.15) is 29.9 Å². The number of carboxylic acids is 1. The van der Waals surface area contributed by atoms with Gasteiger partial charge in [-0.1, -0.05) is 24.3 Å². The molecule has 3 heteroatoms. The van der Waals surface area contributed by atoms with E-state index in [2.05, 4.69) is 24.3 Å². The summed E-state index contributed by atoms with van der Waals surface area (Å²) < 4.78 is 0. The number of hydrogen-bond acceptors (Lipinski definition) is 2. The van der Waals surface area contributed by atoms with Crippen LogP contribution in [-0.2, 0) is 11.3 Å². The van der Waals surface area contributed by atoms with Gasteiger partial charge in [-0.15, -0.1) is 0 Å². The fourth-order valence-corrected chi connectivity index (χ4v) is 1.91. The van der Waals surface area contributed by atoms with Crippen molar-refractivity contribution in [1.29, 1.82) is 0 Å². The molecule has 1 aliphatic rings. The van der Waals surface area contributed by atoms with E-state index < -0.39 is 5.97 Å². The van der Waals surface area contributed by atoms with Crippen molar-refractivity contribution in [2.24, 2.45) is 0 Å². The Labute approximate surface area is 95.7 Å². The van der Waals surface area contributed by atoms with E-state index in [0.717, 1.165) is 5.92 Å². The Morgan fingerprint density at radius 3 is 2.50 bits per heavy atom. The Kier molecular flexibility index (Phi) is 3.25. The second-order valence-corrected chi connectivity index (χ2v) is 4.58. The van der Waals surface area contributed by atoms with Crippen molar-refractivity contribution < 1.29 is 9.90 Å². The maximum absolute atomic E-state index is 10.5. The van der Waals surface area contributed by atoms with Gasteiger partial charge in [0.2, 0.25) is 0 Å². The van der Waals surface area contributed by atoms with Gasteiger partial charge in [0.15, 0.2) is 0 Å². The lowest BCUT2D eigenvalue weighted by atomic mass is 10.1. The normalized spacial score (nSPS) is 15.4. The van der Waals surface area contributed by atoms with Crippen LogP contribution in [0.3, 0.4) is 0 Å². The summed E-state index contributed by atoms with van der Waals surface area (Å²) in [4.78, 5) is 12.3. The molecule has 0 spiro atoms. The quantitative estimate of drug-likeness (QED) is 0.824. The minimum atomic E-state index is -0.780. The summed E-state index contributed by atoms with van der Waals surface area (Å²) in [5.74, 6) is 0.00268. The summed E-state index contributed by atoms with van der Waals surface area (Å²) in [7, 11) is 1.82. The van der Waals surface area contributed by atoms with Crippen LogP contribution in [0.15, 0.2) is 24.3 Å². The van der Waals surface area contributed by atoms with Crippen LogP contribution in [-0.4, -0.2) is 29.6 Å². The average Bonchev–Trinajstić information content (AvgIpc) is 3.00. The molecule has 0 amide bonds. The highest BCUT2D eigenvalue weighted by molar-refractivity contribution is 5.69. The molecular weight excluding hydrogens is 202 g/mol. The highest BCUT2D eigenvalue weighted by Gasteiger charge is 2.22. The van der Waals surface area contributed by atoms with Gasteiger partial charge in [0.1, 0.15) is 0 Å². The fraction of sp³-hybridized carbons (Fsp3) is 0.462. The maximum Gasteiger partial charge on any atom is 0.317 e. The molecule has 0 bridgehead atoms. The smallest absolute Gasteiger partial charge is 0.317 e. The number of rotatable bonds is 5. The van der Waals surface area contributed by atoms with Crippen molar-refractivity contribution in [3.8, 4) is 0 Å². The monoisotopic (exact) mass is 219 g/mol. The van der Waals surface area contributed by atoms with Crippen molar-refractivity contribution in [1.82, 2.24) is 4.90 Å². The van der Waals surface area contributed by atoms with Crippen molar-refractivity contribution in [3.05, 3.63) is 35.4 Å². The molecule has 1 aromatic rings. The molecule has 86 valence electrons. The molecule has 3 nitrogen and oxygen atoms in total. The molecule has 1 aliphatic carbocycles. The second kappa shape index (κ2) is 4.66. The Bertz CT molecular complexity index is 368. The van der Waals surface area contributed by atoms with Crippen LogP contribution in [0.2, 0.25) is 0 Å². The van der Waals surface area contributed by atoms with Crippen LogP contribution in [0, 0.1) is 0 Å². The van der Waals surface area contributed by atoms with E-state index >= 15 is 0 Å². The lowest BCUT2D eigenvalue weighted by Crippen LogP contribution is -2.25. The molecule has 1 fully saturated rings. The topological polar surface area (TPSA) is 40.5 Å². The van der Waals surface area contributed by atoms with Gasteiger partial charge < -0.3 is 5.11 Å². The third kappa shape index (κ3) is 3.07. The lowest BCUT2D eigenvalue weighted by Gasteiger charge is -2.14. The van der Waals surface area contributed by atoms with Gasteiger partial charge in [-0.2, -0.15) is 0 Å². The van der Waals surface area contributed by atoms with Crippen molar-refractivity contribution in [2.45, 2.75) is 25.3 Å². The Morgan fingerprint density at radius 1 is 1.38 bits per heavy atom. The predicted octanol–water partition coefficient (Wildman–Crippen LogP) is 2.08. The fourth-order valence-electron chi connectivity index (χ4n) is 1.91. The third-order valence-electron chi connectivity index (χ3n) is 2.89. The molecule has 2 rings (SSSR count). The Balaban J connectivity index is 1.91. The van der Waals surface area contributed by atoms with E-state index in [-0.39, 0.29) is 6.54 Å². The third-order valence-corrected chi connectivity index (χ3v) is 2.89. The zero-order valence-corrected chi connectivity index (χ0v) is 9.52. The number of likely N-dealkylation sites (N-methyl/N-ethyl adjacent to an activating group) is 1.